The first-order chi connectivity index (χ1) is 6.31. The number of hydrogen-bond donors (Lipinski definition) is 2. The van der Waals surface area contributed by atoms with Gasteiger partial charge in [0.25, 0.3) is 0 Å². The maximum absolute atomic E-state index is 10.6. The Morgan fingerprint density at radius 3 is 2.64 bits per heavy atom. The largest absolute Gasteiger partial charge is 0.387 e. The van der Waals surface area contributed by atoms with Gasteiger partial charge < -0.3 is 10.2 Å². The first-order valence-corrected chi connectivity index (χ1v) is 4.81. The minimum absolute atomic E-state index is 0.0590. The molecule has 80 valence electrons. The molecule has 0 fully saturated rings. The summed E-state index contributed by atoms with van der Waals surface area (Å²) >= 11 is 0. The molecule has 0 saturated carbocycles. The van der Waals surface area contributed by atoms with E-state index in [1.54, 1.807) is 6.08 Å². The van der Waals surface area contributed by atoms with Crippen LogP contribution in [0, 0.1) is 10.8 Å². The van der Waals surface area contributed by atoms with E-state index >= 15 is 0 Å². The van der Waals surface area contributed by atoms with Crippen LogP contribution in [0.15, 0.2) is 16.9 Å². The molecule has 0 aromatic heterocycles. The molecule has 4 nitrogen and oxygen atoms in total. The fourth-order valence-electron chi connectivity index (χ4n) is 1.78. The van der Waals surface area contributed by atoms with Crippen molar-refractivity contribution < 1.29 is 10.2 Å². The zero-order chi connectivity index (χ0) is 11.0. The van der Waals surface area contributed by atoms with Crippen molar-refractivity contribution in [3.8, 4) is 0 Å². The van der Waals surface area contributed by atoms with Crippen LogP contribution in [0.4, 0.5) is 0 Å². The van der Waals surface area contributed by atoms with Gasteiger partial charge in [0.15, 0.2) is 0 Å². The van der Waals surface area contributed by atoms with E-state index in [9.17, 15) is 15.1 Å². The molecule has 2 atom stereocenters. The Bertz CT molecular complexity index is 267. The Morgan fingerprint density at radius 1 is 1.64 bits per heavy atom. The Kier molecular flexibility index (Phi) is 2.78. The first-order valence-electron chi connectivity index (χ1n) is 4.81. The number of nitroso groups, excluding NO2 is 1. The standard InChI is InChI=1S/C10H17NO3/c1-7-4-5-10(13,9(2,3)12)8(6-7)11-14/h6-7,12-13H,4-5H2,1-3H3. The molecule has 0 bridgehead atoms. The van der Waals surface area contributed by atoms with Crippen LogP contribution in [0.5, 0.6) is 0 Å². The second-order valence-corrected chi connectivity index (χ2v) is 4.58. The third-order valence-electron chi connectivity index (χ3n) is 2.94. The molecule has 4 heteroatoms. The van der Waals surface area contributed by atoms with Crippen LogP contribution in [-0.4, -0.2) is 21.4 Å². The lowest BCUT2D eigenvalue weighted by Gasteiger charge is -2.41. The quantitative estimate of drug-likeness (QED) is 0.663. The molecule has 2 N–H and O–H groups in total. The van der Waals surface area contributed by atoms with Crippen LogP contribution in [-0.2, 0) is 0 Å². The van der Waals surface area contributed by atoms with E-state index in [2.05, 4.69) is 5.18 Å². The zero-order valence-electron chi connectivity index (χ0n) is 8.82. The summed E-state index contributed by atoms with van der Waals surface area (Å²) in [6.07, 6.45) is 2.75. The Hall–Kier alpha value is -0.740. The van der Waals surface area contributed by atoms with Crippen LogP contribution in [0.1, 0.15) is 33.6 Å². The lowest BCUT2D eigenvalue weighted by atomic mass is 9.74. The van der Waals surface area contributed by atoms with Crippen molar-refractivity contribution in [2.75, 3.05) is 0 Å². The smallest absolute Gasteiger partial charge is 0.138 e. The molecule has 0 saturated heterocycles. The first kappa shape index (κ1) is 11.3. The van der Waals surface area contributed by atoms with E-state index < -0.39 is 11.2 Å². The minimum atomic E-state index is -1.50. The maximum Gasteiger partial charge on any atom is 0.138 e. The maximum atomic E-state index is 10.6. The lowest BCUT2D eigenvalue weighted by Crippen LogP contribution is -2.52. The summed E-state index contributed by atoms with van der Waals surface area (Å²) in [7, 11) is 0. The molecular formula is C10H17NO3. The average molecular weight is 199 g/mol. The number of allylic oxidation sites excluding steroid dienone is 1. The van der Waals surface area contributed by atoms with E-state index in [4.69, 9.17) is 0 Å². The lowest BCUT2D eigenvalue weighted by molar-refractivity contribution is -0.117. The molecule has 0 aromatic rings. The van der Waals surface area contributed by atoms with Crippen molar-refractivity contribution in [2.24, 2.45) is 11.1 Å². The van der Waals surface area contributed by atoms with Gasteiger partial charge in [-0.1, -0.05) is 13.0 Å². The monoisotopic (exact) mass is 199 g/mol. The Labute approximate surface area is 83.6 Å². The van der Waals surface area contributed by atoms with Crippen molar-refractivity contribution in [2.45, 2.75) is 44.8 Å². The third kappa shape index (κ3) is 1.72. The molecular weight excluding hydrogens is 182 g/mol. The Balaban J connectivity index is 3.11. The van der Waals surface area contributed by atoms with Gasteiger partial charge in [-0.2, -0.15) is 0 Å². The van der Waals surface area contributed by atoms with E-state index in [1.165, 1.54) is 13.8 Å². The number of nitrogens with zero attached hydrogens (tertiary/aromatic N) is 1. The summed E-state index contributed by atoms with van der Waals surface area (Å²) < 4.78 is 0. The summed E-state index contributed by atoms with van der Waals surface area (Å²) in [4.78, 5) is 10.6. The second kappa shape index (κ2) is 3.44. The molecule has 1 aliphatic rings. The van der Waals surface area contributed by atoms with Crippen LogP contribution in [0.2, 0.25) is 0 Å². The molecule has 0 radical (unpaired) electrons. The van der Waals surface area contributed by atoms with Gasteiger partial charge in [0, 0.05) is 0 Å². The van der Waals surface area contributed by atoms with Crippen LogP contribution in [0.25, 0.3) is 0 Å². The zero-order valence-corrected chi connectivity index (χ0v) is 8.82. The number of hydrogen-bond acceptors (Lipinski definition) is 4. The van der Waals surface area contributed by atoms with Gasteiger partial charge in [0.05, 0.1) is 5.60 Å². The van der Waals surface area contributed by atoms with Crippen molar-refractivity contribution in [1.82, 2.24) is 0 Å². The van der Waals surface area contributed by atoms with Gasteiger partial charge in [-0.3, -0.25) is 0 Å². The van der Waals surface area contributed by atoms with Gasteiger partial charge in [0.1, 0.15) is 11.3 Å². The van der Waals surface area contributed by atoms with Crippen molar-refractivity contribution in [3.05, 3.63) is 16.7 Å². The molecule has 14 heavy (non-hydrogen) atoms. The summed E-state index contributed by atoms with van der Waals surface area (Å²) in [5, 5.41) is 22.8. The highest BCUT2D eigenvalue weighted by Crippen LogP contribution is 2.39. The fourth-order valence-corrected chi connectivity index (χ4v) is 1.78. The molecule has 0 amide bonds. The van der Waals surface area contributed by atoms with Crippen LogP contribution >= 0.6 is 0 Å². The normalized spacial score (nSPS) is 33.8. The van der Waals surface area contributed by atoms with Crippen molar-refractivity contribution >= 4 is 0 Å². The van der Waals surface area contributed by atoms with Gasteiger partial charge >= 0.3 is 0 Å². The molecule has 0 spiro atoms. The predicted molar refractivity (Wildman–Crippen MR) is 53.5 cm³/mol. The fraction of sp³-hybridized carbons (Fsp3) is 0.800. The topological polar surface area (TPSA) is 69.9 Å². The Morgan fingerprint density at radius 2 is 2.21 bits per heavy atom. The van der Waals surface area contributed by atoms with Crippen LogP contribution < -0.4 is 0 Å². The number of aliphatic hydroxyl groups is 2. The highest BCUT2D eigenvalue weighted by Gasteiger charge is 2.48. The molecule has 2 unspecified atom stereocenters. The average Bonchev–Trinajstić information content (AvgIpc) is 2.07. The van der Waals surface area contributed by atoms with E-state index in [1.807, 2.05) is 6.92 Å². The minimum Gasteiger partial charge on any atom is -0.387 e. The van der Waals surface area contributed by atoms with Gasteiger partial charge in [-0.25, -0.2) is 0 Å². The molecule has 1 aliphatic carbocycles. The molecule has 1 rings (SSSR count). The summed E-state index contributed by atoms with van der Waals surface area (Å²) in [6.45, 7) is 4.93. The second-order valence-electron chi connectivity index (χ2n) is 4.58. The van der Waals surface area contributed by atoms with E-state index in [0.29, 0.717) is 6.42 Å². The molecule has 0 aromatic carbocycles. The van der Waals surface area contributed by atoms with Gasteiger partial charge in [0.2, 0.25) is 0 Å². The summed E-state index contributed by atoms with van der Waals surface area (Å²) in [6, 6.07) is 0. The highest BCUT2D eigenvalue weighted by atomic mass is 16.4. The molecule has 0 heterocycles. The van der Waals surface area contributed by atoms with Gasteiger partial charge in [-0.15, -0.1) is 4.91 Å². The summed E-state index contributed by atoms with van der Waals surface area (Å²) in [5.74, 6) is 0.227. The third-order valence-corrected chi connectivity index (χ3v) is 2.94. The van der Waals surface area contributed by atoms with E-state index in [-0.39, 0.29) is 11.6 Å². The predicted octanol–water partition coefficient (Wildman–Crippen LogP) is 1.57. The van der Waals surface area contributed by atoms with E-state index in [0.717, 1.165) is 6.42 Å². The SMILES string of the molecule is CC1C=C(N=O)C(O)(C(C)(C)O)CC1. The number of rotatable bonds is 2. The highest BCUT2D eigenvalue weighted by molar-refractivity contribution is 5.24. The van der Waals surface area contributed by atoms with Crippen LogP contribution in [0.3, 0.4) is 0 Å². The van der Waals surface area contributed by atoms with Crippen molar-refractivity contribution in [1.29, 1.82) is 0 Å². The van der Waals surface area contributed by atoms with Gasteiger partial charge in [-0.05, 0) is 37.8 Å². The summed E-state index contributed by atoms with van der Waals surface area (Å²) in [5.41, 5.74) is -2.78. The van der Waals surface area contributed by atoms with Crippen molar-refractivity contribution in [3.63, 3.8) is 0 Å². The molecule has 0 aliphatic heterocycles.